The molecule has 5 nitrogen and oxygen atoms in total. The minimum atomic E-state index is -0.770. The van der Waals surface area contributed by atoms with E-state index >= 15 is 0 Å². The highest BCUT2D eigenvalue weighted by Crippen LogP contribution is 2.26. The van der Waals surface area contributed by atoms with Gasteiger partial charge in [0.25, 0.3) is 0 Å². The lowest BCUT2D eigenvalue weighted by molar-refractivity contribution is -0.137. The van der Waals surface area contributed by atoms with Crippen molar-refractivity contribution in [1.29, 1.82) is 0 Å². The van der Waals surface area contributed by atoms with Crippen molar-refractivity contribution in [3.8, 4) is 0 Å². The number of carboxylic acids is 1. The van der Waals surface area contributed by atoms with E-state index in [1.54, 1.807) is 24.3 Å². The van der Waals surface area contributed by atoms with Crippen LogP contribution in [0.2, 0.25) is 0 Å². The van der Waals surface area contributed by atoms with Crippen LogP contribution in [0.5, 0.6) is 0 Å². The normalized spacial score (nSPS) is 15.7. The molecule has 2 aromatic rings. The number of ether oxygens (including phenoxy) is 1. The number of hydrogen-bond donors (Lipinski definition) is 1. The fourth-order valence-corrected chi connectivity index (χ4v) is 3.45. The molecule has 0 unspecified atom stereocenters. The molecule has 3 rings (SSSR count). The number of carboxylic acid groups (broad SMARTS) is 1. The molecule has 0 aliphatic carbocycles. The van der Waals surface area contributed by atoms with Gasteiger partial charge >= 0.3 is 5.97 Å². The summed E-state index contributed by atoms with van der Waals surface area (Å²) in [6, 6.07) is 12.3. The van der Waals surface area contributed by atoms with Crippen LogP contribution in [0, 0.1) is 11.6 Å². The van der Waals surface area contributed by atoms with Gasteiger partial charge in [0, 0.05) is 39.3 Å². The van der Waals surface area contributed by atoms with Gasteiger partial charge in [0.2, 0.25) is 0 Å². The van der Waals surface area contributed by atoms with Crippen LogP contribution in [-0.2, 0) is 9.53 Å². The third-order valence-corrected chi connectivity index (χ3v) is 5.14. The number of halogens is 2. The highest BCUT2D eigenvalue weighted by atomic mass is 19.1. The molecule has 0 spiro atoms. The van der Waals surface area contributed by atoms with Crippen LogP contribution in [0.15, 0.2) is 48.5 Å². The maximum Gasteiger partial charge on any atom is 0.304 e. The van der Waals surface area contributed by atoms with Crippen LogP contribution in [0.3, 0.4) is 0 Å². The average molecular weight is 404 g/mol. The third-order valence-electron chi connectivity index (χ3n) is 5.14. The summed E-state index contributed by atoms with van der Waals surface area (Å²) in [4.78, 5) is 15.1. The molecule has 1 aliphatic rings. The Bertz CT molecular complexity index is 730. The monoisotopic (exact) mass is 404 g/mol. The summed E-state index contributed by atoms with van der Waals surface area (Å²) in [5, 5.41) is 8.79. The second-order valence-electron chi connectivity index (χ2n) is 7.18. The van der Waals surface area contributed by atoms with Crippen molar-refractivity contribution in [2.45, 2.75) is 12.5 Å². The SMILES string of the molecule is O=C(O)CCN1CCN(CCOC(c2ccc(F)cc2)c2ccc(F)cc2)CC1. The molecule has 1 aliphatic heterocycles. The second-order valence-corrected chi connectivity index (χ2v) is 7.18. The topological polar surface area (TPSA) is 53.0 Å². The summed E-state index contributed by atoms with van der Waals surface area (Å²) in [6.07, 6.45) is -0.229. The molecule has 1 saturated heterocycles. The Kier molecular flexibility index (Phi) is 7.69. The van der Waals surface area contributed by atoms with Crippen molar-refractivity contribution < 1.29 is 23.4 Å². The first-order chi connectivity index (χ1) is 14.0. The van der Waals surface area contributed by atoms with E-state index in [-0.39, 0.29) is 18.1 Å². The maximum atomic E-state index is 13.3. The molecule has 1 fully saturated rings. The fourth-order valence-electron chi connectivity index (χ4n) is 3.45. The Morgan fingerprint density at radius 2 is 1.31 bits per heavy atom. The van der Waals surface area contributed by atoms with Gasteiger partial charge < -0.3 is 14.7 Å². The van der Waals surface area contributed by atoms with Crippen molar-refractivity contribution in [3.63, 3.8) is 0 Å². The largest absolute Gasteiger partial charge is 0.481 e. The van der Waals surface area contributed by atoms with E-state index in [0.29, 0.717) is 13.2 Å². The van der Waals surface area contributed by atoms with Crippen molar-refractivity contribution in [1.82, 2.24) is 9.80 Å². The zero-order chi connectivity index (χ0) is 20.6. The lowest BCUT2D eigenvalue weighted by atomic mass is 10.0. The number of carbonyl (C=O) groups is 1. The first-order valence-electron chi connectivity index (χ1n) is 9.80. The van der Waals surface area contributed by atoms with E-state index < -0.39 is 12.1 Å². The van der Waals surface area contributed by atoms with Gasteiger partial charge in [0.15, 0.2) is 0 Å². The lowest BCUT2D eigenvalue weighted by Crippen LogP contribution is -2.47. The molecule has 0 amide bonds. The predicted molar refractivity (Wildman–Crippen MR) is 106 cm³/mol. The predicted octanol–water partition coefficient (Wildman–Crippen LogP) is 3.16. The van der Waals surface area contributed by atoms with Crippen molar-refractivity contribution in [2.75, 3.05) is 45.9 Å². The molecule has 156 valence electrons. The highest BCUT2D eigenvalue weighted by molar-refractivity contribution is 5.66. The van der Waals surface area contributed by atoms with E-state index in [0.717, 1.165) is 43.9 Å². The molecular weight excluding hydrogens is 378 g/mol. The van der Waals surface area contributed by atoms with Gasteiger partial charge in [-0.25, -0.2) is 8.78 Å². The van der Waals surface area contributed by atoms with Gasteiger partial charge in [0.1, 0.15) is 17.7 Å². The molecule has 29 heavy (non-hydrogen) atoms. The fraction of sp³-hybridized carbons (Fsp3) is 0.409. The van der Waals surface area contributed by atoms with E-state index in [1.165, 1.54) is 24.3 Å². The summed E-state index contributed by atoms with van der Waals surface area (Å²) >= 11 is 0. The second kappa shape index (κ2) is 10.4. The van der Waals surface area contributed by atoms with Crippen LogP contribution in [-0.4, -0.2) is 66.8 Å². The Balaban J connectivity index is 1.53. The number of piperazine rings is 1. The zero-order valence-corrected chi connectivity index (χ0v) is 16.3. The van der Waals surface area contributed by atoms with Crippen molar-refractivity contribution in [3.05, 3.63) is 71.3 Å². The van der Waals surface area contributed by atoms with Gasteiger partial charge in [-0.3, -0.25) is 9.69 Å². The van der Waals surface area contributed by atoms with Crippen LogP contribution in [0.4, 0.5) is 8.78 Å². The number of aliphatic carboxylic acids is 1. The Morgan fingerprint density at radius 1 is 0.862 bits per heavy atom. The molecule has 0 saturated carbocycles. The highest BCUT2D eigenvalue weighted by Gasteiger charge is 2.19. The summed E-state index contributed by atoms with van der Waals surface area (Å²) in [7, 11) is 0. The van der Waals surface area contributed by atoms with Gasteiger partial charge in [-0.2, -0.15) is 0 Å². The Labute approximate surface area is 169 Å². The molecule has 0 bridgehead atoms. The number of rotatable bonds is 9. The minimum absolute atomic E-state index is 0.167. The Morgan fingerprint density at radius 3 is 1.76 bits per heavy atom. The van der Waals surface area contributed by atoms with E-state index in [1.807, 2.05) is 0 Å². The summed E-state index contributed by atoms with van der Waals surface area (Å²) in [6.45, 7) is 5.21. The maximum absolute atomic E-state index is 13.3. The first-order valence-corrected chi connectivity index (χ1v) is 9.80. The first kappa shape index (κ1) is 21.4. The van der Waals surface area contributed by atoms with E-state index in [2.05, 4.69) is 9.80 Å². The minimum Gasteiger partial charge on any atom is -0.481 e. The van der Waals surface area contributed by atoms with Crippen LogP contribution in [0.1, 0.15) is 23.7 Å². The van der Waals surface area contributed by atoms with Gasteiger partial charge in [-0.05, 0) is 35.4 Å². The molecule has 0 radical (unpaired) electrons. The number of nitrogens with zero attached hydrogens (tertiary/aromatic N) is 2. The molecule has 0 aromatic heterocycles. The molecular formula is C22H26F2N2O3. The average Bonchev–Trinajstić information content (AvgIpc) is 2.72. The molecule has 1 N–H and O–H groups in total. The zero-order valence-electron chi connectivity index (χ0n) is 16.3. The van der Waals surface area contributed by atoms with Crippen LogP contribution in [0.25, 0.3) is 0 Å². The number of hydrogen-bond acceptors (Lipinski definition) is 4. The third kappa shape index (κ3) is 6.59. The molecule has 1 heterocycles. The van der Waals surface area contributed by atoms with Crippen LogP contribution < -0.4 is 0 Å². The lowest BCUT2D eigenvalue weighted by Gasteiger charge is -2.34. The molecule has 2 aromatic carbocycles. The van der Waals surface area contributed by atoms with Crippen molar-refractivity contribution >= 4 is 5.97 Å². The smallest absolute Gasteiger partial charge is 0.304 e. The van der Waals surface area contributed by atoms with Gasteiger partial charge in [-0.15, -0.1) is 0 Å². The van der Waals surface area contributed by atoms with E-state index in [4.69, 9.17) is 9.84 Å². The quantitative estimate of drug-likeness (QED) is 0.696. The summed E-state index contributed by atoms with van der Waals surface area (Å²) in [5.41, 5.74) is 1.63. The Hall–Kier alpha value is -2.35. The van der Waals surface area contributed by atoms with E-state index in [9.17, 15) is 13.6 Å². The van der Waals surface area contributed by atoms with Gasteiger partial charge in [0.05, 0.1) is 13.0 Å². The standard InChI is InChI=1S/C22H26F2N2O3/c23-19-5-1-17(2-6-19)22(18-3-7-20(24)8-4-18)29-16-15-26-13-11-25(12-14-26)10-9-21(27)28/h1-8,22H,9-16H2,(H,27,28). The molecule has 7 heteroatoms. The van der Waals surface area contributed by atoms with Crippen molar-refractivity contribution in [2.24, 2.45) is 0 Å². The molecule has 0 atom stereocenters. The van der Waals surface area contributed by atoms with Crippen LogP contribution >= 0.6 is 0 Å². The van der Waals surface area contributed by atoms with Gasteiger partial charge in [-0.1, -0.05) is 24.3 Å². The summed E-state index contributed by atoms with van der Waals surface area (Å²) < 4.78 is 32.7. The summed E-state index contributed by atoms with van der Waals surface area (Å²) in [5.74, 6) is -1.40. The number of benzene rings is 2.